The number of imidazole rings is 1. The van der Waals surface area contributed by atoms with Crippen molar-refractivity contribution < 1.29 is 0 Å². The molecule has 126 valence electrons. The van der Waals surface area contributed by atoms with E-state index in [1.165, 1.54) is 44.1 Å². The third-order valence-electron chi connectivity index (χ3n) is 4.08. The van der Waals surface area contributed by atoms with Crippen molar-refractivity contribution in [2.75, 3.05) is 5.75 Å². The minimum atomic E-state index is 0.552. The Kier molecular flexibility index (Phi) is 8.62. The van der Waals surface area contributed by atoms with Crippen LogP contribution >= 0.6 is 23.4 Å². The molecule has 0 saturated carbocycles. The van der Waals surface area contributed by atoms with Gasteiger partial charge in [-0.05, 0) is 24.1 Å². The maximum absolute atomic E-state index is 5.94. The van der Waals surface area contributed by atoms with Crippen LogP contribution in [0.1, 0.15) is 57.1 Å². The fourth-order valence-corrected chi connectivity index (χ4v) is 3.96. The van der Waals surface area contributed by atoms with E-state index in [9.17, 15) is 0 Å². The van der Waals surface area contributed by atoms with E-state index >= 15 is 0 Å². The summed E-state index contributed by atoms with van der Waals surface area (Å²) in [6.45, 7) is 2.27. The zero-order valence-electron chi connectivity index (χ0n) is 14.0. The van der Waals surface area contributed by atoms with Gasteiger partial charge in [0, 0.05) is 35.0 Å². The second kappa shape index (κ2) is 10.8. The van der Waals surface area contributed by atoms with Gasteiger partial charge in [0.2, 0.25) is 0 Å². The van der Waals surface area contributed by atoms with Crippen molar-refractivity contribution in [3.63, 3.8) is 0 Å². The molecule has 0 spiro atoms. The number of thioether (sulfide) groups is 1. The van der Waals surface area contributed by atoms with Gasteiger partial charge in [0.05, 0.1) is 6.33 Å². The molecule has 0 aliphatic heterocycles. The van der Waals surface area contributed by atoms with Crippen molar-refractivity contribution in [3.8, 4) is 0 Å². The second-order valence-electron chi connectivity index (χ2n) is 6.01. The fraction of sp³-hybridized carbons (Fsp3) is 0.526. The second-order valence-corrected chi connectivity index (χ2v) is 7.47. The third-order valence-corrected chi connectivity index (χ3v) is 5.49. The number of hydrogen-bond donors (Lipinski definition) is 0. The largest absolute Gasteiger partial charge is 0.334 e. The first-order chi connectivity index (χ1) is 11.3. The van der Waals surface area contributed by atoms with E-state index in [4.69, 9.17) is 11.6 Å². The predicted octanol–water partition coefficient (Wildman–Crippen LogP) is 6.37. The molecule has 0 fully saturated rings. The van der Waals surface area contributed by atoms with E-state index in [2.05, 4.69) is 34.8 Å². The van der Waals surface area contributed by atoms with Crippen molar-refractivity contribution in [2.45, 2.75) is 57.2 Å². The lowest BCUT2D eigenvalue weighted by molar-refractivity contribution is 0.475. The number of hydrogen-bond acceptors (Lipinski definition) is 2. The summed E-state index contributed by atoms with van der Waals surface area (Å²) in [4.78, 5) is 4.22. The van der Waals surface area contributed by atoms with Crippen LogP contribution in [0.3, 0.4) is 0 Å². The lowest BCUT2D eigenvalue weighted by atomic mass is 10.1. The first kappa shape index (κ1) is 18.4. The van der Waals surface area contributed by atoms with Crippen LogP contribution in [0.2, 0.25) is 5.02 Å². The minimum absolute atomic E-state index is 0.552. The van der Waals surface area contributed by atoms with Crippen LogP contribution in [0.25, 0.3) is 0 Å². The zero-order valence-corrected chi connectivity index (χ0v) is 15.5. The van der Waals surface area contributed by atoms with Crippen LogP contribution in [0.4, 0.5) is 0 Å². The van der Waals surface area contributed by atoms with Crippen molar-refractivity contribution in [3.05, 3.63) is 53.6 Å². The third kappa shape index (κ3) is 7.01. The minimum Gasteiger partial charge on any atom is -0.334 e. The average molecular weight is 351 g/mol. The summed E-state index contributed by atoms with van der Waals surface area (Å²) in [5, 5.41) is 0.808. The lowest BCUT2D eigenvalue weighted by Crippen LogP contribution is -2.10. The Hall–Kier alpha value is -0.930. The highest BCUT2D eigenvalue weighted by atomic mass is 35.5. The average Bonchev–Trinajstić information content (AvgIpc) is 3.09. The van der Waals surface area contributed by atoms with Gasteiger partial charge in [0.25, 0.3) is 0 Å². The molecule has 0 aliphatic rings. The highest BCUT2D eigenvalue weighted by molar-refractivity contribution is 7.98. The van der Waals surface area contributed by atoms with E-state index in [0.29, 0.717) is 6.04 Å². The molecule has 1 heterocycles. The van der Waals surface area contributed by atoms with Crippen molar-refractivity contribution in [1.82, 2.24) is 9.55 Å². The zero-order chi connectivity index (χ0) is 16.3. The Balaban J connectivity index is 1.77. The Labute approximate surface area is 149 Å². The monoisotopic (exact) mass is 350 g/mol. The first-order valence-electron chi connectivity index (χ1n) is 8.59. The van der Waals surface area contributed by atoms with Crippen LogP contribution in [0.5, 0.6) is 0 Å². The SMILES string of the molecule is CCCCCCC[C@H](CSCc1ccc(Cl)cc1)n1ccnc1. The highest BCUT2D eigenvalue weighted by Gasteiger charge is 2.10. The maximum atomic E-state index is 5.94. The predicted molar refractivity (Wildman–Crippen MR) is 102 cm³/mol. The van der Waals surface area contributed by atoms with Crippen molar-refractivity contribution in [2.24, 2.45) is 0 Å². The molecule has 0 saturated heterocycles. The van der Waals surface area contributed by atoms with Crippen LogP contribution in [0.15, 0.2) is 43.0 Å². The molecule has 1 aromatic heterocycles. The summed E-state index contributed by atoms with van der Waals surface area (Å²) in [7, 11) is 0. The van der Waals surface area contributed by atoms with Crippen molar-refractivity contribution >= 4 is 23.4 Å². The molecular formula is C19H27ClN2S. The molecule has 0 aliphatic carbocycles. The van der Waals surface area contributed by atoms with Gasteiger partial charge in [-0.15, -0.1) is 0 Å². The van der Waals surface area contributed by atoms with Gasteiger partial charge in [-0.25, -0.2) is 4.98 Å². The van der Waals surface area contributed by atoms with Gasteiger partial charge >= 0.3 is 0 Å². The number of rotatable bonds is 11. The van der Waals surface area contributed by atoms with Gasteiger partial charge in [0.15, 0.2) is 0 Å². The number of nitrogens with zero attached hydrogens (tertiary/aromatic N) is 2. The molecule has 4 heteroatoms. The van der Waals surface area contributed by atoms with E-state index in [1.807, 2.05) is 36.4 Å². The Morgan fingerprint density at radius 3 is 2.61 bits per heavy atom. The summed E-state index contributed by atoms with van der Waals surface area (Å²) < 4.78 is 2.27. The molecular weight excluding hydrogens is 324 g/mol. The molecule has 2 aromatic rings. The molecule has 2 rings (SSSR count). The standard InChI is InChI=1S/C19H27ClN2S/c1-2-3-4-5-6-7-19(22-13-12-21-16-22)15-23-14-17-8-10-18(20)11-9-17/h8-13,16,19H,2-7,14-15H2,1H3/t19-/m1/s1. The van der Waals surface area contributed by atoms with E-state index in [-0.39, 0.29) is 0 Å². The summed E-state index contributed by atoms with van der Waals surface area (Å²) in [6.07, 6.45) is 13.9. The van der Waals surface area contributed by atoms with E-state index < -0.39 is 0 Å². The van der Waals surface area contributed by atoms with Gasteiger partial charge in [-0.3, -0.25) is 0 Å². The summed E-state index contributed by atoms with van der Waals surface area (Å²) in [5.41, 5.74) is 1.34. The van der Waals surface area contributed by atoms with E-state index in [0.717, 1.165) is 16.5 Å². The first-order valence-corrected chi connectivity index (χ1v) is 10.1. The van der Waals surface area contributed by atoms with Crippen LogP contribution in [-0.4, -0.2) is 15.3 Å². The summed E-state index contributed by atoms with van der Waals surface area (Å²) >= 11 is 7.94. The van der Waals surface area contributed by atoms with Gasteiger partial charge in [0.1, 0.15) is 0 Å². The van der Waals surface area contributed by atoms with E-state index in [1.54, 1.807) is 0 Å². The Morgan fingerprint density at radius 1 is 1.13 bits per heavy atom. The van der Waals surface area contributed by atoms with Crippen LogP contribution in [-0.2, 0) is 5.75 Å². The topological polar surface area (TPSA) is 17.8 Å². The number of unbranched alkanes of at least 4 members (excludes halogenated alkanes) is 4. The van der Waals surface area contributed by atoms with Gasteiger partial charge in [-0.2, -0.15) is 11.8 Å². The molecule has 1 atom stereocenters. The summed E-state index contributed by atoms with van der Waals surface area (Å²) in [6, 6.07) is 8.73. The summed E-state index contributed by atoms with van der Waals surface area (Å²) in [5.74, 6) is 2.17. The Morgan fingerprint density at radius 2 is 1.91 bits per heavy atom. The molecule has 0 unspecified atom stereocenters. The smallest absolute Gasteiger partial charge is 0.0948 e. The maximum Gasteiger partial charge on any atom is 0.0948 e. The molecule has 2 nitrogen and oxygen atoms in total. The molecule has 23 heavy (non-hydrogen) atoms. The van der Waals surface area contributed by atoms with Gasteiger partial charge in [-0.1, -0.05) is 62.8 Å². The molecule has 0 amide bonds. The molecule has 0 N–H and O–H groups in total. The lowest BCUT2D eigenvalue weighted by Gasteiger charge is -2.18. The van der Waals surface area contributed by atoms with Gasteiger partial charge < -0.3 is 4.57 Å². The number of benzene rings is 1. The highest BCUT2D eigenvalue weighted by Crippen LogP contribution is 2.24. The molecule has 1 aromatic carbocycles. The number of aromatic nitrogens is 2. The fourth-order valence-electron chi connectivity index (χ4n) is 2.68. The quantitative estimate of drug-likeness (QED) is 0.438. The molecule has 0 bridgehead atoms. The normalized spacial score (nSPS) is 12.4. The Bertz CT molecular complexity index is 525. The van der Waals surface area contributed by atoms with Crippen LogP contribution < -0.4 is 0 Å². The number of halogens is 1. The van der Waals surface area contributed by atoms with Crippen LogP contribution in [0, 0.1) is 0 Å². The van der Waals surface area contributed by atoms with Crippen molar-refractivity contribution in [1.29, 1.82) is 0 Å². The molecule has 0 radical (unpaired) electrons.